The van der Waals surface area contributed by atoms with E-state index in [1.807, 2.05) is 24.3 Å². The van der Waals surface area contributed by atoms with Crippen LogP contribution in [-0.4, -0.2) is 10.9 Å². The van der Waals surface area contributed by atoms with Crippen LogP contribution in [0, 0.1) is 16.0 Å². The summed E-state index contributed by atoms with van der Waals surface area (Å²) in [7, 11) is 0. The second kappa shape index (κ2) is 6.44. The minimum atomic E-state index is -1.20. The van der Waals surface area contributed by atoms with Crippen molar-refractivity contribution in [3.05, 3.63) is 105 Å². The van der Waals surface area contributed by atoms with Gasteiger partial charge in [0.05, 0.1) is 16.9 Å². The predicted molar refractivity (Wildman–Crippen MR) is 106 cm³/mol. The van der Waals surface area contributed by atoms with E-state index in [0.29, 0.717) is 0 Å². The number of nitro benzene ring substituents is 1. The van der Waals surface area contributed by atoms with Crippen LogP contribution in [0.3, 0.4) is 0 Å². The van der Waals surface area contributed by atoms with Crippen LogP contribution >= 0.6 is 0 Å². The number of hydrogen-bond donors (Lipinski definition) is 1. The number of non-ortho nitro benzene ring substituents is 1. The number of carbonyl (C=O) groups excluding carboxylic acids is 1. The summed E-state index contributed by atoms with van der Waals surface area (Å²) in [5.41, 5.74) is 5.50. The molecule has 0 spiro atoms. The topological polar surface area (TPSA) is 95.3 Å². The van der Waals surface area contributed by atoms with Crippen LogP contribution in [0.1, 0.15) is 44.6 Å². The maximum absolute atomic E-state index is 11.3. The monoisotopic (exact) mass is 385 g/mol. The first-order valence-electron chi connectivity index (χ1n) is 9.47. The summed E-state index contributed by atoms with van der Waals surface area (Å²) in [6, 6.07) is 19.9. The number of rotatable bonds is 3. The Bertz CT molecular complexity index is 1140. The molecule has 6 nitrogen and oxygen atoms in total. The van der Waals surface area contributed by atoms with E-state index >= 15 is 0 Å². The maximum Gasteiger partial charge on any atom is 0.269 e. The third-order valence-corrected chi connectivity index (χ3v) is 6.10. The van der Waals surface area contributed by atoms with Gasteiger partial charge in [-0.25, -0.2) is 0 Å². The van der Waals surface area contributed by atoms with E-state index in [9.17, 15) is 20.0 Å². The van der Waals surface area contributed by atoms with Gasteiger partial charge in [0.15, 0.2) is 0 Å². The Morgan fingerprint density at radius 3 is 2.48 bits per heavy atom. The summed E-state index contributed by atoms with van der Waals surface area (Å²) in [5, 5.41) is 26.0. The highest BCUT2D eigenvalue weighted by Crippen LogP contribution is 2.54. The Labute approximate surface area is 167 Å². The van der Waals surface area contributed by atoms with Crippen molar-refractivity contribution in [1.82, 2.24) is 0 Å². The van der Waals surface area contributed by atoms with Crippen molar-refractivity contribution in [2.75, 3.05) is 5.32 Å². The van der Waals surface area contributed by atoms with Crippen LogP contribution in [0.25, 0.3) is 0 Å². The number of hydrogen-bond acceptors (Lipinski definition) is 5. The van der Waals surface area contributed by atoms with Gasteiger partial charge in [-0.2, -0.15) is 0 Å². The minimum Gasteiger partial charge on any atom is -0.545 e. The molecular weight excluding hydrogens is 368 g/mol. The number of carboxylic acid groups (broad SMARTS) is 1. The van der Waals surface area contributed by atoms with Crippen LogP contribution < -0.4 is 10.4 Å². The van der Waals surface area contributed by atoms with Gasteiger partial charge in [0.2, 0.25) is 0 Å². The number of fused-ring (bicyclic) bond motifs is 5. The number of nitro groups is 1. The zero-order valence-electron chi connectivity index (χ0n) is 15.4. The molecular formula is C23H17N2O4-. The lowest BCUT2D eigenvalue weighted by molar-refractivity contribution is -0.384. The van der Waals surface area contributed by atoms with E-state index < -0.39 is 5.97 Å². The largest absolute Gasteiger partial charge is 0.545 e. The van der Waals surface area contributed by atoms with Crippen molar-refractivity contribution in [1.29, 1.82) is 0 Å². The summed E-state index contributed by atoms with van der Waals surface area (Å²) in [6.07, 6.45) is 0.850. The lowest BCUT2D eigenvalue weighted by atomic mass is 9.75. The molecule has 1 N–H and O–H groups in total. The molecule has 1 aliphatic carbocycles. The summed E-state index contributed by atoms with van der Waals surface area (Å²) in [6.45, 7) is 0. The number of nitrogens with zero attached hydrogens (tertiary/aromatic N) is 1. The third-order valence-electron chi connectivity index (χ3n) is 6.10. The zero-order chi connectivity index (χ0) is 20.1. The molecule has 2 aliphatic rings. The smallest absolute Gasteiger partial charge is 0.269 e. The van der Waals surface area contributed by atoms with Crippen LogP contribution in [0.2, 0.25) is 0 Å². The molecule has 0 aromatic heterocycles. The van der Waals surface area contributed by atoms with Crippen molar-refractivity contribution in [2.45, 2.75) is 18.4 Å². The normalized spacial score (nSPS) is 21.4. The van der Waals surface area contributed by atoms with Crippen molar-refractivity contribution < 1.29 is 14.8 Å². The average Bonchev–Trinajstić information content (AvgIpc) is 3.12. The number of carbonyl (C=O) groups is 1. The number of anilines is 1. The molecule has 0 fully saturated rings. The summed E-state index contributed by atoms with van der Waals surface area (Å²) >= 11 is 0. The van der Waals surface area contributed by atoms with Gasteiger partial charge < -0.3 is 15.2 Å². The van der Waals surface area contributed by atoms with Gasteiger partial charge in [0, 0.05) is 23.7 Å². The fourth-order valence-corrected chi connectivity index (χ4v) is 4.82. The molecule has 3 aromatic carbocycles. The Morgan fingerprint density at radius 1 is 1.00 bits per heavy atom. The van der Waals surface area contributed by atoms with E-state index in [-0.39, 0.29) is 34.1 Å². The van der Waals surface area contributed by atoms with Gasteiger partial charge in [-0.3, -0.25) is 10.1 Å². The highest BCUT2D eigenvalue weighted by Gasteiger charge is 2.43. The average molecular weight is 385 g/mol. The predicted octanol–water partition coefficient (Wildman–Crippen LogP) is 3.43. The minimum absolute atomic E-state index is 0.0304. The summed E-state index contributed by atoms with van der Waals surface area (Å²) in [5.74, 6) is -0.971. The van der Waals surface area contributed by atoms with E-state index in [0.717, 1.165) is 23.2 Å². The molecule has 0 amide bonds. The van der Waals surface area contributed by atoms with Crippen LogP contribution in [0.15, 0.2) is 66.7 Å². The van der Waals surface area contributed by atoms with Gasteiger partial charge >= 0.3 is 0 Å². The fraction of sp³-hybridized carbons (Fsp3) is 0.174. The zero-order valence-corrected chi connectivity index (χ0v) is 15.4. The summed E-state index contributed by atoms with van der Waals surface area (Å²) < 4.78 is 0. The van der Waals surface area contributed by atoms with Gasteiger partial charge in [-0.05, 0) is 46.2 Å². The lowest BCUT2D eigenvalue weighted by Crippen LogP contribution is -2.30. The van der Waals surface area contributed by atoms with Crippen molar-refractivity contribution in [2.24, 2.45) is 5.92 Å². The molecule has 1 aliphatic heterocycles. The number of aromatic carboxylic acids is 1. The fourth-order valence-electron chi connectivity index (χ4n) is 4.82. The van der Waals surface area contributed by atoms with Crippen LogP contribution in [0.5, 0.6) is 0 Å². The van der Waals surface area contributed by atoms with E-state index in [4.69, 9.17) is 0 Å². The molecule has 3 aromatic rings. The quantitative estimate of drug-likeness (QED) is 0.550. The first-order chi connectivity index (χ1) is 14.0. The van der Waals surface area contributed by atoms with Gasteiger partial charge in [-0.1, -0.05) is 48.5 Å². The molecule has 3 atom stereocenters. The van der Waals surface area contributed by atoms with Crippen molar-refractivity contribution in [3.63, 3.8) is 0 Å². The molecule has 5 rings (SSSR count). The molecule has 6 heteroatoms. The Morgan fingerprint density at radius 2 is 1.76 bits per heavy atom. The first kappa shape index (κ1) is 17.4. The van der Waals surface area contributed by atoms with Gasteiger partial charge in [0.25, 0.3) is 5.69 Å². The third kappa shape index (κ3) is 2.76. The molecule has 0 saturated heterocycles. The van der Waals surface area contributed by atoms with Gasteiger partial charge in [-0.15, -0.1) is 0 Å². The van der Waals surface area contributed by atoms with Crippen LogP contribution in [-0.2, 0) is 6.42 Å². The lowest BCUT2D eigenvalue weighted by Gasteiger charge is -2.38. The van der Waals surface area contributed by atoms with Gasteiger partial charge in [0.1, 0.15) is 0 Å². The molecule has 1 heterocycles. The van der Waals surface area contributed by atoms with Crippen molar-refractivity contribution >= 4 is 17.3 Å². The molecule has 0 radical (unpaired) electrons. The number of nitrogens with one attached hydrogen (secondary N) is 1. The Balaban J connectivity index is 1.64. The number of benzene rings is 3. The highest BCUT2D eigenvalue weighted by molar-refractivity contribution is 5.85. The highest BCUT2D eigenvalue weighted by atomic mass is 16.6. The second-order valence-corrected chi connectivity index (χ2v) is 7.60. The second-order valence-electron chi connectivity index (χ2n) is 7.60. The molecule has 29 heavy (non-hydrogen) atoms. The number of carboxylic acids is 1. The molecule has 0 unspecified atom stereocenters. The Kier molecular flexibility index (Phi) is 3.87. The van der Waals surface area contributed by atoms with E-state index in [1.54, 1.807) is 24.3 Å². The molecule has 144 valence electrons. The van der Waals surface area contributed by atoms with Crippen molar-refractivity contribution in [3.8, 4) is 0 Å². The summed E-state index contributed by atoms with van der Waals surface area (Å²) in [4.78, 5) is 22.1. The first-order valence-corrected chi connectivity index (χ1v) is 9.47. The van der Waals surface area contributed by atoms with Crippen LogP contribution in [0.4, 0.5) is 11.4 Å². The molecule has 0 bridgehead atoms. The maximum atomic E-state index is 11.3. The standard InChI is InChI=1S/C23H18N2O4/c26-23(27)14-7-5-13(6-8-14)22-19-11-15-3-1-2-4-17(15)21(19)18-12-16(25(28)29)9-10-20(18)24-22/h1-10,12,19,21-22,24H,11H2,(H,26,27)/p-1/t19-,21-,22+/m0/s1. The Hall–Kier alpha value is -3.67. The van der Waals surface area contributed by atoms with E-state index in [2.05, 4.69) is 17.4 Å². The SMILES string of the molecule is O=C([O-])c1ccc([C@H]2Nc3ccc([N+](=O)[O-])cc3[C@@H]3c4ccccc4C[C@@H]32)cc1. The van der Waals surface area contributed by atoms with E-state index in [1.165, 1.54) is 17.2 Å². The molecule has 0 saturated carbocycles.